The quantitative estimate of drug-likeness (QED) is 0.592. The van der Waals surface area contributed by atoms with Crippen LogP contribution in [0.4, 0.5) is 5.69 Å². The molecule has 3 rings (SSSR count). The second kappa shape index (κ2) is 6.41. The molecule has 2 amide bonds. The summed E-state index contributed by atoms with van der Waals surface area (Å²) in [5.74, 6) is -0.259. The number of hydrogen-bond acceptors (Lipinski definition) is 5. The summed E-state index contributed by atoms with van der Waals surface area (Å²) in [6, 6.07) is 11.4. The van der Waals surface area contributed by atoms with Crippen LogP contribution in [0.3, 0.4) is 0 Å². The molecule has 0 radical (unpaired) electrons. The zero-order valence-electron chi connectivity index (χ0n) is 12.9. The number of ether oxygens (including phenoxy) is 1. The molecular weight excluding hydrogens is 310 g/mol. The molecule has 0 atom stereocenters. The Kier molecular flexibility index (Phi) is 4.15. The first-order chi connectivity index (χ1) is 11.5. The zero-order valence-corrected chi connectivity index (χ0v) is 12.9. The number of nitrogens with one attached hydrogen (secondary N) is 2. The van der Waals surface area contributed by atoms with E-state index in [2.05, 4.69) is 15.8 Å². The number of phenols is 1. The van der Waals surface area contributed by atoms with Crippen molar-refractivity contribution in [2.75, 3.05) is 11.9 Å². The number of phenolic OH excluding ortho intramolecular Hbond substituents is 1. The Morgan fingerprint density at radius 1 is 1.29 bits per heavy atom. The molecule has 7 nitrogen and oxygen atoms in total. The van der Waals surface area contributed by atoms with E-state index in [1.807, 2.05) is 0 Å². The van der Waals surface area contributed by atoms with Gasteiger partial charge in [0.15, 0.2) is 6.61 Å². The summed E-state index contributed by atoms with van der Waals surface area (Å²) < 4.78 is 5.29. The van der Waals surface area contributed by atoms with Crippen molar-refractivity contribution >= 4 is 23.2 Å². The van der Waals surface area contributed by atoms with Crippen LogP contribution in [0.1, 0.15) is 22.8 Å². The maximum Gasteiger partial charge on any atom is 0.275 e. The summed E-state index contributed by atoms with van der Waals surface area (Å²) >= 11 is 0. The Bertz CT molecular complexity index is 845. The van der Waals surface area contributed by atoms with E-state index in [-0.39, 0.29) is 23.8 Å². The highest BCUT2D eigenvalue weighted by Gasteiger charge is 2.16. The van der Waals surface area contributed by atoms with E-state index in [1.54, 1.807) is 37.3 Å². The van der Waals surface area contributed by atoms with Crippen LogP contribution in [0.2, 0.25) is 0 Å². The van der Waals surface area contributed by atoms with Gasteiger partial charge in [-0.25, -0.2) is 5.43 Å². The molecule has 2 aromatic carbocycles. The van der Waals surface area contributed by atoms with Crippen LogP contribution < -0.4 is 15.5 Å². The van der Waals surface area contributed by atoms with Crippen LogP contribution in [-0.4, -0.2) is 29.2 Å². The highest BCUT2D eigenvalue weighted by molar-refractivity contribution is 6.03. The highest BCUT2D eigenvalue weighted by atomic mass is 16.5. The minimum Gasteiger partial charge on any atom is -0.507 e. The molecule has 0 fully saturated rings. The molecule has 3 N–H and O–H groups in total. The monoisotopic (exact) mass is 325 g/mol. The van der Waals surface area contributed by atoms with Crippen molar-refractivity contribution in [3.8, 4) is 11.5 Å². The minimum atomic E-state index is -0.512. The first-order valence-corrected chi connectivity index (χ1v) is 7.24. The number of carbonyl (C=O) groups excluding carboxylic acids is 2. The van der Waals surface area contributed by atoms with Gasteiger partial charge >= 0.3 is 0 Å². The molecule has 0 aliphatic carbocycles. The largest absolute Gasteiger partial charge is 0.507 e. The van der Waals surface area contributed by atoms with Crippen LogP contribution in [0.25, 0.3) is 0 Å². The third-order valence-corrected chi connectivity index (χ3v) is 3.50. The molecular formula is C17H15N3O4. The van der Waals surface area contributed by atoms with Crippen molar-refractivity contribution in [2.24, 2.45) is 5.10 Å². The fourth-order valence-corrected chi connectivity index (χ4v) is 2.23. The van der Waals surface area contributed by atoms with Crippen LogP contribution in [0.5, 0.6) is 11.5 Å². The lowest BCUT2D eigenvalue weighted by Crippen LogP contribution is -2.25. The summed E-state index contributed by atoms with van der Waals surface area (Å²) in [5, 5.41) is 16.4. The summed E-state index contributed by atoms with van der Waals surface area (Å²) in [4.78, 5) is 23.4. The van der Waals surface area contributed by atoms with E-state index >= 15 is 0 Å². The normalized spacial score (nSPS) is 13.5. The summed E-state index contributed by atoms with van der Waals surface area (Å²) in [7, 11) is 0. The Hall–Kier alpha value is -3.35. The SMILES string of the molecule is C/C(=N/NC(=O)c1ccccc1O)c1ccc2c(c1)NC(=O)CO2. The first-order valence-electron chi connectivity index (χ1n) is 7.24. The smallest absolute Gasteiger partial charge is 0.275 e. The predicted octanol–water partition coefficient (Wildman–Crippen LogP) is 1.88. The van der Waals surface area contributed by atoms with Gasteiger partial charge in [-0.15, -0.1) is 0 Å². The van der Waals surface area contributed by atoms with E-state index in [1.165, 1.54) is 12.1 Å². The third kappa shape index (κ3) is 3.19. The Balaban J connectivity index is 1.77. The van der Waals surface area contributed by atoms with Gasteiger partial charge in [-0.2, -0.15) is 5.10 Å². The van der Waals surface area contributed by atoms with Gasteiger partial charge in [-0.3, -0.25) is 9.59 Å². The van der Waals surface area contributed by atoms with Gasteiger partial charge in [0, 0.05) is 0 Å². The summed E-state index contributed by atoms with van der Waals surface area (Å²) in [6.45, 7) is 1.72. The lowest BCUT2D eigenvalue weighted by molar-refractivity contribution is -0.118. The molecule has 122 valence electrons. The van der Waals surface area contributed by atoms with E-state index in [0.29, 0.717) is 17.1 Å². The Morgan fingerprint density at radius 2 is 2.08 bits per heavy atom. The van der Waals surface area contributed by atoms with Crippen LogP contribution in [0, 0.1) is 0 Å². The first kappa shape index (κ1) is 15.5. The van der Waals surface area contributed by atoms with Crippen molar-refractivity contribution in [1.82, 2.24) is 5.43 Å². The maximum atomic E-state index is 12.0. The third-order valence-electron chi connectivity index (χ3n) is 3.50. The summed E-state index contributed by atoms with van der Waals surface area (Å²) in [6.07, 6.45) is 0. The van der Waals surface area contributed by atoms with E-state index in [4.69, 9.17) is 4.74 Å². The molecule has 0 unspecified atom stereocenters. The lowest BCUT2D eigenvalue weighted by Gasteiger charge is -2.18. The molecule has 7 heteroatoms. The number of hydrogen-bond donors (Lipinski definition) is 3. The van der Waals surface area contributed by atoms with Crippen molar-refractivity contribution in [1.29, 1.82) is 0 Å². The minimum absolute atomic E-state index is 0.00392. The molecule has 0 saturated heterocycles. The molecule has 0 bridgehead atoms. The van der Waals surface area contributed by atoms with Crippen molar-refractivity contribution in [3.05, 3.63) is 53.6 Å². The van der Waals surface area contributed by atoms with Gasteiger partial charge in [-0.05, 0) is 42.8 Å². The molecule has 1 aliphatic rings. The molecule has 24 heavy (non-hydrogen) atoms. The average Bonchev–Trinajstić information content (AvgIpc) is 2.59. The molecule has 2 aromatic rings. The number of nitrogens with zero attached hydrogens (tertiary/aromatic N) is 1. The number of carbonyl (C=O) groups is 2. The molecule has 0 aromatic heterocycles. The fraction of sp³-hybridized carbons (Fsp3) is 0.118. The Labute approximate surface area is 138 Å². The second-order valence-corrected chi connectivity index (χ2v) is 5.20. The number of para-hydroxylation sites is 1. The number of amides is 2. The number of benzene rings is 2. The molecule has 1 heterocycles. The standard InChI is InChI=1S/C17H15N3O4/c1-10(19-20-17(23)12-4-2-3-5-14(12)21)11-6-7-15-13(8-11)18-16(22)9-24-15/h2-8,21H,9H2,1H3,(H,18,22)(H,20,23)/b19-10-. The number of anilines is 1. The van der Waals surface area contributed by atoms with Gasteiger partial charge in [0.1, 0.15) is 11.5 Å². The molecule has 0 spiro atoms. The van der Waals surface area contributed by atoms with Crippen molar-refractivity contribution < 1.29 is 19.4 Å². The van der Waals surface area contributed by atoms with Crippen LogP contribution in [-0.2, 0) is 4.79 Å². The molecule has 0 saturated carbocycles. The fourth-order valence-electron chi connectivity index (χ4n) is 2.23. The summed E-state index contributed by atoms with van der Waals surface area (Å²) in [5.41, 5.74) is 4.36. The molecule has 1 aliphatic heterocycles. The predicted molar refractivity (Wildman–Crippen MR) is 88.4 cm³/mol. The number of hydrazone groups is 1. The van der Waals surface area contributed by atoms with Crippen LogP contribution in [0.15, 0.2) is 47.6 Å². The zero-order chi connectivity index (χ0) is 17.1. The number of rotatable bonds is 3. The van der Waals surface area contributed by atoms with Gasteiger partial charge in [0.2, 0.25) is 0 Å². The average molecular weight is 325 g/mol. The van der Waals surface area contributed by atoms with Crippen LogP contribution >= 0.6 is 0 Å². The van der Waals surface area contributed by atoms with E-state index < -0.39 is 5.91 Å². The van der Waals surface area contributed by atoms with Gasteiger partial charge in [0.05, 0.1) is 17.0 Å². The number of aromatic hydroxyl groups is 1. The van der Waals surface area contributed by atoms with Crippen molar-refractivity contribution in [2.45, 2.75) is 6.92 Å². The van der Waals surface area contributed by atoms with Gasteiger partial charge < -0.3 is 15.2 Å². The lowest BCUT2D eigenvalue weighted by atomic mass is 10.1. The number of fused-ring (bicyclic) bond motifs is 1. The highest BCUT2D eigenvalue weighted by Crippen LogP contribution is 2.28. The van der Waals surface area contributed by atoms with Gasteiger partial charge in [0.25, 0.3) is 11.8 Å². The van der Waals surface area contributed by atoms with Gasteiger partial charge in [-0.1, -0.05) is 12.1 Å². The van der Waals surface area contributed by atoms with Crippen molar-refractivity contribution in [3.63, 3.8) is 0 Å². The topological polar surface area (TPSA) is 100 Å². The Morgan fingerprint density at radius 3 is 2.88 bits per heavy atom. The second-order valence-electron chi connectivity index (χ2n) is 5.20. The maximum absolute atomic E-state index is 12.0. The van der Waals surface area contributed by atoms with E-state index in [9.17, 15) is 14.7 Å². The van der Waals surface area contributed by atoms with E-state index in [0.717, 1.165) is 5.56 Å².